The maximum Gasteiger partial charge on any atom is 0.319 e. The Morgan fingerprint density at radius 2 is 1.70 bits per heavy atom. The lowest BCUT2D eigenvalue weighted by Gasteiger charge is -2.30. The van der Waals surface area contributed by atoms with Gasteiger partial charge in [-0.05, 0) is 29.8 Å². The lowest BCUT2D eigenvalue weighted by molar-refractivity contribution is -0.137. The normalized spacial score (nSPS) is 15.1. The number of urea groups is 1. The van der Waals surface area contributed by atoms with E-state index in [2.05, 4.69) is 10.6 Å². The van der Waals surface area contributed by atoms with E-state index in [9.17, 15) is 9.59 Å². The van der Waals surface area contributed by atoms with E-state index in [1.807, 2.05) is 30.3 Å². The molecule has 2 N–H and O–H groups in total. The predicted molar refractivity (Wildman–Crippen MR) is 105 cm³/mol. The van der Waals surface area contributed by atoms with Crippen LogP contribution < -0.4 is 10.6 Å². The third kappa shape index (κ3) is 5.70. The van der Waals surface area contributed by atoms with Gasteiger partial charge in [-0.25, -0.2) is 4.79 Å². The molecule has 0 bridgehead atoms. The predicted octanol–water partition coefficient (Wildman–Crippen LogP) is 2.93. The summed E-state index contributed by atoms with van der Waals surface area (Å²) < 4.78 is 5.31. The minimum atomic E-state index is -0.655. The van der Waals surface area contributed by atoms with Crippen LogP contribution in [0.25, 0.3) is 0 Å². The molecule has 142 valence electrons. The van der Waals surface area contributed by atoms with Crippen molar-refractivity contribution >= 4 is 29.2 Å². The third-order valence-electron chi connectivity index (χ3n) is 4.31. The highest BCUT2D eigenvalue weighted by atomic mass is 35.5. The summed E-state index contributed by atoms with van der Waals surface area (Å²) in [5, 5.41) is 6.14. The van der Waals surface area contributed by atoms with Crippen molar-refractivity contribution in [2.24, 2.45) is 0 Å². The first-order chi connectivity index (χ1) is 13.1. The Hall–Kier alpha value is -2.57. The molecule has 0 aliphatic carbocycles. The van der Waals surface area contributed by atoms with Crippen molar-refractivity contribution < 1.29 is 14.3 Å². The molecule has 2 aromatic rings. The number of benzene rings is 2. The van der Waals surface area contributed by atoms with Gasteiger partial charge in [0.05, 0.1) is 13.2 Å². The Morgan fingerprint density at radius 1 is 1.04 bits per heavy atom. The number of hydrogen-bond donors (Lipinski definition) is 2. The van der Waals surface area contributed by atoms with Crippen molar-refractivity contribution in [3.63, 3.8) is 0 Å². The maximum atomic E-state index is 12.9. The molecule has 3 rings (SSSR count). The van der Waals surface area contributed by atoms with Crippen LogP contribution in [0, 0.1) is 0 Å². The van der Waals surface area contributed by atoms with E-state index >= 15 is 0 Å². The highest BCUT2D eigenvalue weighted by Gasteiger charge is 2.27. The van der Waals surface area contributed by atoms with Crippen molar-refractivity contribution in [3.8, 4) is 0 Å². The third-order valence-corrected chi connectivity index (χ3v) is 4.56. The number of hydrogen-bond acceptors (Lipinski definition) is 3. The Balaban J connectivity index is 1.69. The standard InChI is InChI=1S/C20H22ClN3O3/c21-16-6-8-17(9-7-16)22-20(26)23-18(14-15-4-2-1-3-5-15)19(25)24-10-12-27-13-11-24/h1-9,18H,10-14H2,(H2,22,23,26)/t18-/m0/s1. The fourth-order valence-corrected chi connectivity index (χ4v) is 3.04. The molecule has 27 heavy (non-hydrogen) atoms. The maximum absolute atomic E-state index is 12.9. The van der Waals surface area contributed by atoms with Gasteiger partial charge in [-0.15, -0.1) is 0 Å². The van der Waals surface area contributed by atoms with Crippen LogP contribution in [0.4, 0.5) is 10.5 Å². The number of anilines is 1. The fraction of sp³-hybridized carbons (Fsp3) is 0.300. The SMILES string of the molecule is O=C(Nc1ccc(Cl)cc1)N[C@@H](Cc1ccccc1)C(=O)N1CCOCC1. The Morgan fingerprint density at radius 3 is 2.37 bits per heavy atom. The highest BCUT2D eigenvalue weighted by molar-refractivity contribution is 6.30. The molecule has 2 aromatic carbocycles. The quantitative estimate of drug-likeness (QED) is 0.828. The van der Waals surface area contributed by atoms with E-state index < -0.39 is 12.1 Å². The topological polar surface area (TPSA) is 70.7 Å². The minimum absolute atomic E-state index is 0.103. The van der Waals surface area contributed by atoms with Crippen LogP contribution in [-0.4, -0.2) is 49.2 Å². The Bertz CT molecular complexity index is 762. The number of halogens is 1. The lowest BCUT2D eigenvalue weighted by atomic mass is 10.0. The van der Waals surface area contributed by atoms with Gasteiger partial charge < -0.3 is 20.3 Å². The average Bonchev–Trinajstić information content (AvgIpc) is 2.70. The van der Waals surface area contributed by atoms with Gasteiger partial charge in [-0.1, -0.05) is 41.9 Å². The van der Waals surface area contributed by atoms with Gasteiger partial charge in [0.2, 0.25) is 5.91 Å². The van der Waals surface area contributed by atoms with Gasteiger partial charge in [0.1, 0.15) is 6.04 Å². The molecule has 1 aliphatic heterocycles. The molecule has 0 radical (unpaired) electrons. The zero-order chi connectivity index (χ0) is 19.1. The summed E-state index contributed by atoms with van der Waals surface area (Å²) in [6.07, 6.45) is 0.422. The molecular weight excluding hydrogens is 366 g/mol. The second-order valence-electron chi connectivity index (χ2n) is 6.29. The molecule has 7 heteroatoms. The molecule has 0 aromatic heterocycles. The minimum Gasteiger partial charge on any atom is -0.378 e. The van der Waals surface area contributed by atoms with Gasteiger partial charge in [0, 0.05) is 30.2 Å². The molecule has 1 saturated heterocycles. The number of morpholine rings is 1. The second kappa shape index (κ2) is 9.39. The van der Waals surface area contributed by atoms with Crippen LogP contribution >= 0.6 is 11.6 Å². The van der Waals surface area contributed by atoms with Crippen LogP contribution in [0.2, 0.25) is 5.02 Å². The highest BCUT2D eigenvalue weighted by Crippen LogP contribution is 2.14. The van der Waals surface area contributed by atoms with E-state index in [0.717, 1.165) is 5.56 Å². The van der Waals surface area contributed by atoms with E-state index in [4.69, 9.17) is 16.3 Å². The molecule has 0 saturated carbocycles. The zero-order valence-corrected chi connectivity index (χ0v) is 15.6. The van der Waals surface area contributed by atoms with Gasteiger partial charge in [-0.2, -0.15) is 0 Å². The molecule has 1 heterocycles. The number of carbonyl (C=O) groups excluding carboxylic acids is 2. The van der Waals surface area contributed by atoms with Crippen LogP contribution in [-0.2, 0) is 16.0 Å². The number of carbonyl (C=O) groups is 2. The van der Waals surface area contributed by atoms with Gasteiger partial charge in [0.15, 0.2) is 0 Å². The summed E-state index contributed by atoms with van der Waals surface area (Å²) in [6, 6.07) is 15.3. The molecule has 1 fully saturated rings. The largest absolute Gasteiger partial charge is 0.378 e. The van der Waals surface area contributed by atoms with E-state index in [-0.39, 0.29) is 5.91 Å². The molecule has 6 nitrogen and oxygen atoms in total. The van der Waals surface area contributed by atoms with Crippen LogP contribution in [0.3, 0.4) is 0 Å². The summed E-state index contributed by atoms with van der Waals surface area (Å²) in [7, 11) is 0. The monoisotopic (exact) mass is 387 g/mol. The van der Waals surface area contributed by atoms with Crippen molar-refractivity contribution in [2.45, 2.75) is 12.5 Å². The first-order valence-electron chi connectivity index (χ1n) is 8.85. The van der Waals surface area contributed by atoms with Crippen molar-refractivity contribution in [3.05, 3.63) is 65.2 Å². The summed E-state index contributed by atoms with van der Waals surface area (Å²) >= 11 is 5.86. The zero-order valence-electron chi connectivity index (χ0n) is 14.9. The summed E-state index contributed by atoms with van der Waals surface area (Å²) in [5.74, 6) is -0.103. The van der Waals surface area contributed by atoms with Crippen molar-refractivity contribution in [1.29, 1.82) is 0 Å². The van der Waals surface area contributed by atoms with Crippen LogP contribution in [0.5, 0.6) is 0 Å². The van der Waals surface area contributed by atoms with E-state index in [0.29, 0.717) is 43.4 Å². The number of nitrogens with one attached hydrogen (secondary N) is 2. The number of amides is 3. The molecule has 3 amide bonds. The fourth-order valence-electron chi connectivity index (χ4n) is 2.91. The van der Waals surface area contributed by atoms with Crippen LogP contribution in [0.1, 0.15) is 5.56 Å². The summed E-state index contributed by atoms with van der Waals surface area (Å²) in [5.41, 5.74) is 1.59. The second-order valence-corrected chi connectivity index (χ2v) is 6.72. The first-order valence-corrected chi connectivity index (χ1v) is 9.23. The lowest BCUT2D eigenvalue weighted by Crippen LogP contribution is -2.53. The number of nitrogens with zero attached hydrogens (tertiary/aromatic N) is 1. The van der Waals surface area contributed by atoms with Crippen molar-refractivity contribution in [2.75, 3.05) is 31.6 Å². The molecular formula is C20H22ClN3O3. The molecule has 1 atom stereocenters. The number of ether oxygens (including phenoxy) is 1. The molecule has 1 aliphatic rings. The summed E-state index contributed by atoms with van der Waals surface area (Å²) in [4.78, 5) is 27.1. The van der Waals surface area contributed by atoms with E-state index in [1.165, 1.54) is 0 Å². The Kier molecular flexibility index (Phi) is 6.68. The molecule has 0 unspecified atom stereocenters. The van der Waals surface area contributed by atoms with Gasteiger partial charge in [-0.3, -0.25) is 4.79 Å². The van der Waals surface area contributed by atoms with Gasteiger partial charge >= 0.3 is 6.03 Å². The van der Waals surface area contributed by atoms with E-state index in [1.54, 1.807) is 29.2 Å². The molecule has 0 spiro atoms. The van der Waals surface area contributed by atoms with Gasteiger partial charge in [0.25, 0.3) is 0 Å². The number of rotatable bonds is 5. The Labute approximate surface area is 163 Å². The average molecular weight is 388 g/mol. The summed E-state index contributed by atoms with van der Waals surface area (Å²) in [6.45, 7) is 2.09. The smallest absolute Gasteiger partial charge is 0.319 e. The first kappa shape index (κ1) is 19.2. The van der Waals surface area contributed by atoms with Crippen LogP contribution in [0.15, 0.2) is 54.6 Å². The van der Waals surface area contributed by atoms with Crippen molar-refractivity contribution in [1.82, 2.24) is 10.2 Å².